The van der Waals surface area contributed by atoms with Gasteiger partial charge in [0.25, 0.3) is 5.91 Å². The van der Waals surface area contributed by atoms with Crippen molar-refractivity contribution in [2.45, 2.75) is 89.9 Å². The summed E-state index contributed by atoms with van der Waals surface area (Å²) in [6, 6.07) is 3.41. The largest absolute Gasteiger partial charge is 0.444 e. The fraction of sp³-hybridized carbons (Fsp3) is 0.690. The average Bonchev–Trinajstić information content (AvgIpc) is 3.16. The van der Waals surface area contributed by atoms with Gasteiger partial charge in [-0.25, -0.2) is 9.18 Å². The number of ether oxygens (including phenoxy) is 1. The molecule has 1 saturated carbocycles. The summed E-state index contributed by atoms with van der Waals surface area (Å²) < 4.78 is 20.6. The molecule has 3 unspecified atom stereocenters. The van der Waals surface area contributed by atoms with E-state index in [1.165, 1.54) is 12.1 Å². The predicted octanol–water partition coefficient (Wildman–Crippen LogP) is 3.87. The normalized spacial score (nSPS) is 19.9. The molecule has 1 aromatic rings. The van der Waals surface area contributed by atoms with Crippen LogP contribution in [-0.2, 0) is 14.3 Å². The maximum Gasteiger partial charge on any atom is 0.408 e. The van der Waals surface area contributed by atoms with E-state index in [1.54, 1.807) is 38.7 Å². The van der Waals surface area contributed by atoms with Gasteiger partial charge in [0, 0.05) is 32.1 Å². The molecule has 3 amide bonds. The van der Waals surface area contributed by atoms with Crippen molar-refractivity contribution in [3.8, 4) is 0 Å². The minimum absolute atomic E-state index is 0.0274. The smallest absolute Gasteiger partial charge is 0.408 e. The zero-order valence-corrected chi connectivity index (χ0v) is 24.0. The Morgan fingerprint density at radius 1 is 1.05 bits per heavy atom. The van der Waals surface area contributed by atoms with Gasteiger partial charge in [0.2, 0.25) is 5.91 Å². The third-order valence-electron chi connectivity index (χ3n) is 7.64. The van der Waals surface area contributed by atoms with Gasteiger partial charge in [-0.15, -0.1) is 0 Å². The van der Waals surface area contributed by atoms with Gasteiger partial charge in [-0.3, -0.25) is 9.59 Å². The third-order valence-corrected chi connectivity index (χ3v) is 7.64. The van der Waals surface area contributed by atoms with Gasteiger partial charge in [0.1, 0.15) is 23.6 Å². The Hall–Kier alpha value is -2.72. The molecule has 1 heterocycles. The van der Waals surface area contributed by atoms with E-state index in [1.807, 2.05) is 7.05 Å². The maximum absolute atomic E-state index is 15.2. The number of aliphatic hydroxyl groups excluding tert-OH is 1. The van der Waals surface area contributed by atoms with Gasteiger partial charge in [-0.05, 0) is 64.3 Å². The second kappa shape index (κ2) is 13.6. The Bertz CT molecular complexity index is 998. The highest BCUT2D eigenvalue weighted by Gasteiger charge is 2.33. The second-order valence-corrected chi connectivity index (χ2v) is 12.0. The van der Waals surface area contributed by atoms with Crippen molar-refractivity contribution in [3.05, 3.63) is 29.6 Å². The molecule has 0 bridgehead atoms. The number of anilines is 1. The van der Waals surface area contributed by atoms with Crippen LogP contribution in [-0.4, -0.2) is 83.8 Å². The lowest BCUT2D eigenvalue weighted by atomic mass is 9.91. The number of amides is 3. The molecule has 1 saturated heterocycles. The number of alkyl carbamates (subject to hydrolysis) is 1. The minimum Gasteiger partial charge on any atom is -0.444 e. The Morgan fingerprint density at radius 3 is 2.23 bits per heavy atom. The Kier molecular flexibility index (Phi) is 10.7. The summed E-state index contributed by atoms with van der Waals surface area (Å²) in [5, 5.41) is 16.1. The number of likely N-dealkylation sites (N-methyl/N-ethyl adjacent to an activating group) is 1. The van der Waals surface area contributed by atoms with E-state index in [4.69, 9.17) is 4.74 Å². The molecule has 9 nitrogen and oxygen atoms in total. The number of hydrogen-bond acceptors (Lipinski definition) is 6. The van der Waals surface area contributed by atoms with E-state index in [0.29, 0.717) is 18.7 Å². The average molecular weight is 549 g/mol. The van der Waals surface area contributed by atoms with Gasteiger partial charge in [0.15, 0.2) is 0 Å². The fourth-order valence-electron chi connectivity index (χ4n) is 5.21. The number of piperazine rings is 1. The molecule has 1 aliphatic carbocycles. The lowest BCUT2D eigenvalue weighted by Crippen LogP contribution is -2.51. The van der Waals surface area contributed by atoms with Crippen LogP contribution >= 0.6 is 0 Å². The van der Waals surface area contributed by atoms with Crippen LogP contribution in [0.2, 0.25) is 0 Å². The molecular weight excluding hydrogens is 503 g/mol. The molecule has 0 radical (unpaired) electrons. The summed E-state index contributed by atoms with van der Waals surface area (Å²) in [7, 11) is 1.98. The van der Waals surface area contributed by atoms with Crippen molar-refractivity contribution >= 4 is 23.6 Å². The van der Waals surface area contributed by atoms with Crippen LogP contribution in [0.4, 0.5) is 14.9 Å². The molecule has 2 aliphatic rings. The number of carbonyl (C=O) groups excluding carboxylic acids is 3. The lowest BCUT2D eigenvalue weighted by Gasteiger charge is -2.34. The van der Waals surface area contributed by atoms with Crippen LogP contribution in [0.25, 0.3) is 0 Å². The predicted molar refractivity (Wildman–Crippen MR) is 148 cm³/mol. The molecule has 1 aliphatic heterocycles. The van der Waals surface area contributed by atoms with Crippen LogP contribution in [0.3, 0.4) is 0 Å². The molecule has 3 rings (SSSR count). The SMILES string of the molecule is CC(c1ccc(NC(=O)C(NC(=O)OC(C)(C)C)C2CCCCCC2)c(F)c1)C(O)C(=O)N1CCN(C)CC1. The Morgan fingerprint density at radius 2 is 1.67 bits per heavy atom. The van der Waals surface area contributed by atoms with Gasteiger partial charge in [-0.1, -0.05) is 38.7 Å². The number of nitrogens with one attached hydrogen (secondary N) is 2. The molecule has 3 atom stereocenters. The van der Waals surface area contributed by atoms with E-state index >= 15 is 4.39 Å². The highest BCUT2D eigenvalue weighted by Crippen LogP contribution is 2.28. The quantitative estimate of drug-likeness (QED) is 0.446. The van der Waals surface area contributed by atoms with E-state index in [-0.39, 0.29) is 17.5 Å². The van der Waals surface area contributed by atoms with Crippen molar-refractivity contribution in [1.29, 1.82) is 0 Å². The van der Waals surface area contributed by atoms with E-state index in [0.717, 1.165) is 51.6 Å². The van der Waals surface area contributed by atoms with Gasteiger partial charge in [-0.2, -0.15) is 0 Å². The van der Waals surface area contributed by atoms with Crippen LogP contribution in [0.5, 0.6) is 0 Å². The first-order valence-electron chi connectivity index (χ1n) is 14.1. The van der Waals surface area contributed by atoms with Crippen molar-refractivity contribution in [2.24, 2.45) is 5.92 Å². The molecule has 3 N–H and O–H groups in total. The first-order valence-corrected chi connectivity index (χ1v) is 14.1. The number of aliphatic hydroxyl groups is 1. The molecule has 10 heteroatoms. The second-order valence-electron chi connectivity index (χ2n) is 12.0. The third kappa shape index (κ3) is 8.89. The monoisotopic (exact) mass is 548 g/mol. The number of benzene rings is 1. The highest BCUT2D eigenvalue weighted by molar-refractivity contribution is 5.97. The summed E-state index contributed by atoms with van der Waals surface area (Å²) >= 11 is 0. The molecule has 2 fully saturated rings. The van der Waals surface area contributed by atoms with Gasteiger partial charge >= 0.3 is 6.09 Å². The van der Waals surface area contributed by atoms with Crippen LogP contribution in [0.15, 0.2) is 18.2 Å². The van der Waals surface area contributed by atoms with Crippen molar-refractivity contribution < 1.29 is 28.6 Å². The van der Waals surface area contributed by atoms with Crippen molar-refractivity contribution in [2.75, 3.05) is 38.5 Å². The van der Waals surface area contributed by atoms with Gasteiger partial charge < -0.3 is 30.3 Å². The van der Waals surface area contributed by atoms with E-state index < -0.39 is 41.5 Å². The highest BCUT2D eigenvalue weighted by atomic mass is 19.1. The number of halogens is 1. The number of hydrogen-bond donors (Lipinski definition) is 3. The van der Waals surface area contributed by atoms with Crippen LogP contribution < -0.4 is 10.6 Å². The summed E-state index contributed by atoms with van der Waals surface area (Å²) in [6.45, 7) is 9.48. The zero-order chi connectivity index (χ0) is 28.7. The molecular formula is C29H45FN4O5. The summed E-state index contributed by atoms with van der Waals surface area (Å²) in [5.41, 5.74) is -0.295. The van der Waals surface area contributed by atoms with Gasteiger partial charge in [0.05, 0.1) is 5.69 Å². The van der Waals surface area contributed by atoms with Crippen LogP contribution in [0.1, 0.15) is 77.7 Å². The standard InChI is InChI=1S/C29H45FN4O5/c1-19(25(35)27(37)34-16-14-33(5)15-17-34)21-12-13-23(22(30)18-21)31-26(36)24(20-10-8-6-7-9-11-20)32-28(38)39-29(2,3)4/h12-13,18-20,24-25,35H,6-11,14-17H2,1-5H3,(H,31,36)(H,32,38). The molecule has 1 aromatic carbocycles. The number of nitrogens with zero attached hydrogens (tertiary/aromatic N) is 2. The molecule has 39 heavy (non-hydrogen) atoms. The molecule has 0 spiro atoms. The summed E-state index contributed by atoms with van der Waals surface area (Å²) in [4.78, 5) is 42.5. The first kappa shape index (κ1) is 30.8. The Labute approximate surface area is 231 Å². The van der Waals surface area contributed by atoms with Crippen LogP contribution in [0, 0.1) is 11.7 Å². The zero-order valence-electron chi connectivity index (χ0n) is 24.0. The number of rotatable bonds is 7. The summed E-state index contributed by atoms with van der Waals surface area (Å²) in [6.07, 6.45) is 3.66. The van der Waals surface area contributed by atoms with E-state index in [9.17, 15) is 19.5 Å². The summed E-state index contributed by atoms with van der Waals surface area (Å²) in [5.74, 6) is -2.27. The molecule has 218 valence electrons. The molecule has 0 aromatic heterocycles. The topological polar surface area (TPSA) is 111 Å². The lowest BCUT2D eigenvalue weighted by molar-refractivity contribution is -0.142. The first-order chi connectivity index (χ1) is 18.4. The fourth-order valence-corrected chi connectivity index (χ4v) is 5.21. The van der Waals surface area contributed by atoms with Crippen molar-refractivity contribution in [1.82, 2.24) is 15.1 Å². The minimum atomic E-state index is -1.30. The van der Waals surface area contributed by atoms with Crippen molar-refractivity contribution in [3.63, 3.8) is 0 Å². The Balaban J connectivity index is 1.70. The number of carbonyl (C=O) groups is 3. The van der Waals surface area contributed by atoms with E-state index in [2.05, 4.69) is 15.5 Å². The maximum atomic E-state index is 15.2.